The molecule has 0 unspecified atom stereocenters. The molecule has 0 aliphatic rings. The molecule has 2 aromatic carbocycles. The predicted molar refractivity (Wildman–Crippen MR) is 91.8 cm³/mol. The van der Waals surface area contributed by atoms with Crippen molar-refractivity contribution in [2.45, 2.75) is 6.42 Å². The zero-order chi connectivity index (χ0) is 17.6. The Balaban J connectivity index is 1.45. The summed E-state index contributed by atoms with van der Waals surface area (Å²) in [6, 6.07) is 10.9. The van der Waals surface area contributed by atoms with E-state index in [4.69, 9.17) is 0 Å². The molecule has 3 N–H and O–H groups in total. The van der Waals surface area contributed by atoms with Crippen LogP contribution in [0, 0.1) is 5.82 Å². The minimum Gasteiger partial charge on any atom is -0.352 e. The standard InChI is InChI=1S/C18H17FN4O2/c19-14-6-1-4-12(10-14)17(24)20-8-3-9-21-18(25)15-7-2-5-13-11-22-23-16(13)15/h1-2,4-7,10-11H,3,8-9H2,(H,20,24)(H,21,25)(H,22,23). The van der Waals surface area contributed by atoms with Gasteiger partial charge in [-0.1, -0.05) is 18.2 Å². The van der Waals surface area contributed by atoms with Crippen LogP contribution in [0.1, 0.15) is 27.1 Å². The second kappa shape index (κ2) is 7.57. The molecule has 1 aromatic heterocycles. The van der Waals surface area contributed by atoms with Gasteiger partial charge in [-0.15, -0.1) is 0 Å². The molecular weight excluding hydrogens is 323 g/mol. The fourth-order valence-electron chi connectivity index (χ4n) is 2.48. The van der Waals surface area contributed by atoms with Gasteiger partial charge in [-0.25, -0.2) is 4.39 Å². The van der Waals surface area contributed by atoms with Crippen LogP contribution in [-0.4, -0.2) is 35.1 Å². The molecule has 0 atom stereocenters. The minimum atomic E-state index is -0.451. The first kappa shape index (κ1) is 16.6. The first-order valence-electron chi connectivity index (χ1n) is 7.89. The number of carbonyl (C=O) groups excluding carboxylic acids is 2. The van der Waals surface area contributed by atoms with E-state index in [1.165, 1.54) is 18.2 Å². The average molecular weight is 340 g/mol. The number of nitrogens with zero attached hydrogens (tertiary/aromatic N) is 1. The van der Waals surface area contributed by atoms with Gasteiger partial charge in [0.1, 0.15) is 5.82 Å². The van der Waals surface area contributed by atoms with Gasteiger partial charge >= 0.3 is 0 Å². The van der Waals surface area contributed by atoms with Crippen LogP contribution in [0.2, 0.25) is 0 Å². The molecule has 25 heavy (non-hydrogen) atoms. The van der Waals surface area contributed by atoms with Crippen molar-refractivity contribution in [2.75, 3.05) is 13.1 Å². The first-order valence-corrected chi connectivity index (χ1v) is 7.89. The molecule has 0 saturated carbocycles. The first-order chi connectivity index (χ1) is 12.1. The molecule has 0 aliphatic heterocycles. The fraction of sp³-hybridized carbons (Fsp3) is 0.167. The number of hydrogen-bond acceptors (Lipinski definition) is 3. The van der Waals surface area contributed by atoms with Gasteiger partial charge < -0.3 is 10.6 Å². The maximum absolute atomic E-state index is 13.1. The van der Waals surface area contributed by atoms with Crippen molar-refractivity contribution in [2.24, 2.45) is 0 Å². The number of amides is 2. The summed E-state index contributed by atoms with van der Waals surface area (Å²) in [5.41, 5.74) is 1.49. The highest BCUT2D eigenvalue weighted by Crippen LogP contribution is 2.15. The number of carbonyl (C=O) groups is 2. The molecule has 0 saturated heterocycles. The van der Waals surface area contributed by atoms with Crippen LogP contribution >= 0.6 is 0 Å². The topological polar surface area (TPSA) is 86.9 Å². The van der Waals surface area contributed by atoms with Crippen molar-refractivity contribution in [1.82, 2.24) is 20.8 Å². The number of nitrogens with one attached hydrogen (secondary N) is 3. The number of fused-ring (bicyclic) bond motifs is 1. The largest absolute Gasteiger partial charge is 0.352 e. The number of aromatic amines is 1. The monoisotopic (exact) mass is 340 g/mol. The zero-order valence-corrected chi connectivity index (χ0v) is 13.4. The lowest BCUT2D eigenvalue weighted by Crippen LogP contribution is -2.30. The Kier molecular flexibility index (Phi) is 5.03. The number of para-hydroxylation sites is 1. The number of H-pyrrole nitrogens is 1. The summed E-state index contributed by atoms with van der Waals surface area (Å²) >= 11 is 0. The van der Waals surface area contributed by atoms with Crippen molar-refractivity contribution in [3.63, 3.8) is 0 Å². The highest BCUT2D eigenvalue weighted by atomic mass is 19.1. The van der Waals surface area contributed by atoms with E-state index in [1.54, 1.807) is 24.4 Å². The van der Waals surface area contributed by atoms with Crippen LogP contribution in [0.5, 0.6) is 0 Å². The van der Waals surface area contributed by atoms with Gasteiger partial charge in [-0.2, -0.15) is 5.10 Å². The predicted octanol–water partition coefficient (Wildman–Crippen LogP) is 2.25. The molecule has 1 heterocycles. The van der Waals surface area contributed by atoms with Crippen molar-refractivity contribution in [3.8, 4) is 0 Å². The van der Waals surface area contributed by atoms with E-state index < -0.39 is 5.82 Å². The van der Waals surface area contributed by atoms with Gasteiger partial charge in [0.25, 0.3) is 11.8 Å². The number of aromatic nitrogens is 2. The summed E-state index contributed by atoms with van der Waals surface area (Å²) in [5, 5.41) is 13.1. The lowest BCUT2D eigenvalue weighted by molar-refractivity contribution is 0.0952. The Labute approximate surface area is 143 Å². The summed E-state index contributed by atoms with van der Waals surface area (Å²) in [7, 11) is 0. The van der Waals surface area contributed by atoms with Crippen molar-refractivity contribution < 1.29 is 14.0 Å². The van der Waals surface area contributed by atoms with E-state index in [-0.39, 0.29) is 17.4 Å². The molecule has 3 rings (SSSR count). The summed E-state index contributed by atoms with van der Waals surface area (Å²) in [5.74, 6) is -0.993. The highest BCUT2D eigenvalue weighted by molar-refractivity contribution is 6.05. The number of halogens is 1. The van der Waals surface area contributed by atoms with Crippen molar-refractivity contribution >= 4 is 22.7 Å². The summed E-state index contributed by atoms with van der Waals surface area (Å²) in [6.45, 7) is 0.788. The van der Waals surface area contributed by atoms with E-state index in [0.29, 0.717) is 30.6 Å². The summed E-state index contributed by atoms with van der Waals surface area (Å²) in [6.07, 6.45) is 2.22. The van der Waals surface area contributed by atoms with E-state index in [9.17, 15) is 14.0 Å². The van der Waals surface area contributed by atoms with Gasteiger partial charge in [0.05, 0.1) is 17.3 Å². The molecule has 0 bridgehead atoms. The summed E-state index contributed by atoms with van der Waals surface area (Å²) < 4.78 is 13.1. The Morgan fingerprint density at radius 2 is 1.80 bits per heavy atom. The molecule has 3 aromatic rings. The van der Waals surface area contributed by atoms with Crippen molar-refractivity contribution in [1.29, 1.82) is 0 Å². The normalized spacial score (nSPS) is 10.6. The molecule has 0 aliphatic carbocycles. The van der Waals surface area contributed by atoms with Crippen molar-refractivity contribution in [3.05, 3.63) is 65.6 Å². The van der Waals surface area contributed by atoms with Crippen LogP contribution < -0.4 is 10.6 Å². The fourth-order valence-corrected chi connectivity index (χ4v) is 2.48. The molecular formula is C18H17FN4O2. The second-order valence-electron chi connectivity index (χ2n) is 5.52. The van der Waals surface area contributed by atoms with Crippen LogP contribution in [0.15, 0.2) is 48.7 Å². The zero-order valence-electron chi connectivity index (χ0n) is 13.4. The molecule has 0 fully saturated rings. The highest BCUT2D eigenvalue weighted by Gasteiger charge is 2.10. The number of hydrogen-bond donors (Lipinski definition) is 3. The second-order valence-corrected chi connectivity index (χ2v) is 5.52. The average Bonchev–Trinajstić information content (AvgIpc) is 3.09. The number of benzene rings is 2. The van der Waals surface area contributed by atoms with Crippen LogP contribution in [0.4, 0.5) is 4.39 Å². The Morgan fingerprint density at radius 1 is 1.04 bits per heavy atom. The smallest absolute Gasteiger partial charge is 0.253 e. The molecule has 7 heteroatoms. The third-order valence-corrected chi connectivity index (χ3v) is 3.73. The Hall–Kier alpha value is -3.22. The third kappa shape index (κ3) is 4.00. The van der Waals surface area contributed by atoms with E-state index in [2.05, 4.69) is 20.8 Å². The van der Waals surface area contributed by atoms with E-state index >= 15 is 0 Å². The Bertz CT molecular complexity index is 907. The molecule has 0 radical (unpaired) electrons. The van der Waals surface area contributed by atoms with Gasteiger partial charge in [0.2, 0.25) is 0 Å². The quantitative estimate of drug-likeness (QED) is 0.602. The summed E-state index contributed by atoms with van der Waals surface area (Å²) in [4.78, 5) is 24.1. The van der Waals surface area contributed by atoms with Gasteiger partial charge in [0, 0.05) is 24.0 Å². The lowest BCUT2D eigenvalue weighted by Gasteiger charge is -2.07. The number of rotatable bonds is 6. The minimum absolute atomic E-state index is 0.202. The third-order valence-electron chi connectivity index (χ3n) is 3.73. The van der Waals surface area contributed by atoms with Crippen LogP contribution in [0.25, 0.3) is 10.9 Å². The molecule has 0 spiro atoms. The van der Waals surface area contributed by atoms with Crippen LogP contribution in [0.3, 0.4) is 0 Å². The Morgan fingerprint density at radius 3 is 2.60 bits per heavy atom. The maximum atomic E-state index is 13.1. The van der Waals surface area contributed by atoms with E-state index in [0.717, 1.165) is 5.39 Å². The molecule has 2 amide bonds. The van der Waals surface area contributed by atoms with Gasteiger partial charge in [-0.3, -0.25) is 14.7 Å². The van der Waals surface area contributed by atoms with Crippen LogP contribution in [-0.2, 0) is 0 Å². The maximum Gasteiger partial charge on any atom is 0.253 e. The lowest BCUT2D eigenvalue weighted by atomic mass is 10.1. The molecule has 6 nitrogen and oxygen atoms in total. The van der Waals surface area contributed by atoms with Gasteiger partial charge in [0.15, 0.2) is 0 Å². The van der Waals surface area contributed by atoms with E-state index in [1.807, 2.05) is 6.07 Å². The van der Waals surface area contributed by atoms with Gasteiger partial charge in [-0.05, 0) is 30.7 Å². The molecule has 128 valence electrons. The SMILES string of the molecule is O=C(NCCCNC(=O)c1cccc2cn[nH]c12)c1cccc(F)c1.